The molecule has 102 valence electrons. The normalized spacial score (nSPS) is 15.4. The molecule has 0 spiro atoms. The van der Waals surface area contributed by atoms with Crippen molar-refractivity contribution in [3.05, 3.63) is 36.5 Å². The van der Waals surface area contributed by atoms with Crippen LogP contribution < -0.4 is 4.90 Å². The number of rotatable bonds is 2. The van der Waals surface area contributed by atoms with E-state index in [9.17, 15) is 9.59 Å². The maximum absolute atomic E-state index is 11.3. The number of carbonyl (C=O) groups excluding carboxylic acids is 2. The first-order valence-electron chi connectivity index (χ1n) is 6.62. The Morgan fingerprint density at radius 3 is 2.60 bits per heavy atom. The van der Waals surface area contributed by atoms with E-state index in [1.165, 1.54) is 0 Å². The number of hydrogen-bond donors (Lipinski definition) is 0. The molecule has 2 aromatic rings. The molecule has 0 aliphatic carbocycles. The second-order valence-corrected chi connectivity index (χ2v) is 4.79. The Bertz CT molecular complexity index is 643. The summed E-state index contributed by atoms with van der Waals surface area (Å²) >= 11 is 0. The van der Waals surface area contributed by atoms with Crippen LogP contribution in [0.3, 0.4) is 0 Å². The van der Waals surface area contributed by atoms with Gasteiger partial charge in [-0.1, -0.05) is 24.3 Å². The van der Waals surface area contributed by atoms with Gasteiger partial charge in [0.2, 0.25) is 6.29 Å². The molecule has 1 saturated heterocycles. The van der Waals surface area contributed by atoms with Crippen LogP contribution in [-0.4, -0.2) is 48.3 Å². The van der Waals surface area contributed by atoms with Crippen LogP contribution in [0, 0.1) is 0 Å². The lowest BCUT2D eigenvalue weighted by Crippen LogP contribution is -2.49. The highest BCUT2D eigenvalue weighted by Crippen LogP contribution is 2.24. The molecule has 5 nitrogen and oxygen atoms in total. The molecule has 0 N–H and O–H groups in total. The van der Waals surface area contributed by atoms with Crippen molar-refractivity contribution >= 4 is 28.8 Å². The SMILES string of the molecule is O=CC(=O)N1CCN(c2nccc3ccccc23)CC1. The number of pyridine rings is 1. The van der Waals surface area contributed by atoms with E-state index in [0.717, 1.165) is 16.6 Å². The number of hydrogen-bond acceptors (Lipinski definition) is 4. The van der Waals surface area contributed by atoms with Crippen LogP contribution in [0.2, 0.25) is 0 Å². The quantitative estimate of drug-likeness (QED) is 0.605. The lowest BCUT2D eigenvalue weighted by molar-refractivity contribution is -0.139. The summed E-state index contributed by atoms with van der Waals surface area (Å²) in [6.07, 6.45) is 2.19. The number of benzene rings is 1. The highest BCUT2D eigenvalue weighted by atomic mass is 16.2. The van der Waals surface area contributed by atoms with Gasteiger partial charge in [0.15, 0.2) is 0 Å². The number of nitrogens with zero attached hydrogens (tertiary/aromatic N) is 3. The highest BCUT2D eigenvalue weighted by Gasteiger charge is 2.22. The van der Waals surface area contributed by atoms with Gasteiger partial charge >= 0.3 is 0 Å². The fourth-order valence-electron chi connectivity index (χ4n) is 2.57. The third-order valence-electron chi connectivity index (χ3n) is 3.64. The Balaban J connectivity index is 1.83. The second-order valence-electron chi connectivity index (χ2n) is 4.79. The largest absolute Gasteiger partial charge is 0.353 e. The first kappa shape index (κ1) is 12.6. The van der Waals surface area contributed by atoms with E-state index in [2.05, 4.69) is 22.0 Å². The standard InChI is InChI=1S/C15H15N3O2/c19-11-14(20)17-7-9-18(10-8-17)15-13-4-2-1-3-12(13)5-6-16-15/h1-6,11H,7-10H2. The van der Waals surface area contributed by atoms with Crippen molar-refractivity contribution in [1.29, 1.82) is 0 Å². The smallest absolute Gasteiger partial charge is 0.286 e. The zero-order chi connectivity index (χ0) is 13.9. The molecule has 3 rings (SSSR count). The molecule has 0 saturated carbocycles. The van der Waals surface area contributed by atoms with Crippen LogP contribution in [0.1, 0.15) is 0 Å². The van der Waals surface area contributed by atoms with Crippen molar-refractivity contribution in [1.82, 2.24) is 9.88 Å². The van der Waals surface area contributed by atoms with Crippen LogP contribution in [0.5, 0.6) is 0 Å². The van der Waals surface area contributed by atoms with Crippen LogP contribution in [0.25, 0.3) is 10.8 Å². The van der Waals surface area contributed by atoms with Crippen molar-refractivity contribution < 1.29 is 9.59 Å². The molecule has 0 unspecified atom stereocenters. The Labute approximate surface area is 116 Å². The van der Waals surface area contributed by atoms with E-state index in [-0.39, 0.29) is 0 Å². The number of aldehydes is 1. The molecule has 0 atom stereocenters. The third-order valence-corrected chi connectivity index (χ3v) is 3.64. The van der Waals surface area contributed by atoms with Gasteiger partial charge in [-0.2, -0.15) is 0 Å². The first-order valence-corrected chi connectivity index (χ1v) is 6.62. The molecule has 1 aromatic heterocycles. The number of aromatic nitrogens is 1. The van der Waals surface area contributed by atoms with Gasteiger partial charge < -0.3 is 9.80 Å². The van der Waals surface area contributed by atoms with Gasteiger partial charge in [-0.25, -0.2) is 4.98 Å². The number of piperazine rings is 1. The first-order chi connectivity index (χ1) is 9.79. The van der Waals surface area contributed by atoms with Gasteiger partial charge in [-0.3, -0.25) is 9.59 Å². The molecule has 1 aliphatic heterocycles. The minimum Gasteiger partial charge on any atom is -0.353 e. The second kappa shape index (κ2) is 5.28. The van der Waals surface area contributed by atoms with Crippen molar-refractivity contribution in [2.75, 3.05) is 31.1 Å². The lowest BCUT2D eigenvalue weighted by atomic mass is 10.1. The minimum atomic E-state index is -0.435. The molecular weight excluding hydrogens is 254 g/mol. The van der Waals surface area contributed by atoms with E-state index in [0.29, 0.717) is 32.5 Å². The minimum absolute atomic E-state index is 0.381. The molecule has 1 aromatic carbocycles. The summed E-state index contributed by atoms with van der Waals surface area (Å²) in [4.78, 5) is 30.1. The summed E-state index contributed by atoms with van der Waals surface area (Å²) in [6, 6.07) is 10.1. The molecular formula is C15H15N3O2. The molecule has 0 radical (unpaired) electrons. The van der Waals surface area contributed by atoms with E-state index >= 15 is 0 Å². The van der Waals surface area contributed by atoms with Gasteiger partial charge in [-0.15, -0.1) is 0 Å². The summed E-state index contributed by atoms with van der Waals surface area (Å²) in [6.45, 7) is 2.51. The van der Waals surface area contributed by atoms with E-state index in [4.69, 9.17) is 0 Å². The summed E-state index contributed by atoms with van der Waals surface area (Å²) in [5, 5.41) is 2.27. The van der Waals surface area contributed by atoms with Crippen molar-refractivity contribution in [2.24, 2.45) is 0 Å². The monoisotopic (exact) mass is 269 g/mol. The molecule has 1 aliphatic rings. The molecule has 20 heavy (non-hydrogen) atoms. The van der Waals surface area contributed by atoms with Crippen LogP contribution in [0.4, 0.5) is 5.82 Å². The van der Waals surface area contributed by atoms with Crippen molar-refractivity contribution in [3.63, 3.8) is 0 Å². The summed E-state index contributed by atoms with van der Waals surface area (Å²) in [5.41, 5.74) is 0. The van der Waals surface area contributed by atoms with Crippen LogP contribution in [-0.2, 0) is 9.59 Å². The Morgan fingerprint density at radius 1 is 1.10 bits per heavy atom. The molecule has 2 heterocycles. The van der Waals surface area contributed by atoms with Gasteiger partial charge in [0.05, 0.1) is 0 Å². The number of carbonyl (C=O) groups is 2. The topological polar surface area (TPSA) is 53.5 Å². The van der Waals surface area contributed by atoms with Gasteiger partial charge in [0.1, 0.15) is 5.82 Å². The van der Waals surface area contributed by atoms with Gasteiger partial charge in [0.25, 0.3) is 5.91 Å². The number of fused-ring (bicyclic) bond motifs is 1. The van der Waals surface area contributed by atoms with Gasteiger partial charge in [-0.05, 0) is 11.5 Å². The van der Waals surface area contributed by atoms with E-state index in [1.807, 2.05) is 18.2 Å². The number of amides is 1. The molecule has 1 amide bonds. The predicted molar refractivity (Wildman–Crippen MR) is 76.6 cm³/mol. The molecule has 5 heteroatoms. The van der Waals surface area contributed by atoms with Crippen LogP contribution in [0.15, 0.2) is 36.5 Å². The van der Waals surface area contributed by atoms with E-state index < -0.39 is 5.91 Å². The van der Waals surface area contributed by atoms with E-state index in [1.54, 1.807) is 11.1 Å². The predicted octanol–water partition coefficient (Wildman–Crippen LogP) is 1.08. The van der Waals surface area contributed by atoms with Crippen molar-refractivity contribution in [2.45, 2.75) is 0 Å². The molecule has 1 fully saturated rings. The molecule has 0 bridgehead atoms. The Hall–Kier alpha value is -2.43. The lowest BCUT2D eigenvalue weighted by Gasteiger charge is -2.35. The maximum Gasteiger partial charge on any atom is 0.286 e. The van der Waals surface area contributed by atoms with Crippen LogP contribution >= 0.6 is 0 Å². The highest BCUT2D eigenvalue weighted by molar-refractivity contribution is 6.23. The fraction of sp³-hybridized carbons (Fsp3) is 0.267. The number of anilines is 1. The third kappa shape index (κ3) is 2.22. The zero-order valence-corrected chi connectivity index (χ0v) is 11.0. The summed E-state index contributed by atoms with van der Waals surface area (Å²) in [5.74, 6) is 0.511. The van der Waals surface area contributed by atoms with Gasteiger partial charge in [0, 0.05) is 37.8 Å². The zero-order valence-electron chi connectivity index (χ0n) is 11.0. The summed E-state index contributed by atoms with van der Waals surface area (Å²) in [7, 11) is 0. The average molecular weight is 269 g/mol. The Kier molecular flexibility index (Phi) is 3.33. The average Bonchev–Trinajstić information content (AvgIpc) is 2.54. The maximum atomic E-state index is 11.3. The Morgan fingerprint density at radius 2 is 1.85 bits per heavy atom. The van der Waals surface area contributed by atoms with Crippen molar-refractivity contribution in [3.8, 4) is 0 Å². The summed E-state index contributed by atoms with van der Waals surface area (Å²) < 4.78 is 0. The fourth-order valence-corrected chi connectivity index (χ4v) is 2.57.